The van der Waals surface area contributed by atoms with E-state index in [9.17, 15) is 0 Å². The lowest BCUT2D eigenvalue weighted by Gasteiger charge is -1.95. The van der Waals surface area contributed by atoms with Crippen LogP contribution in [0.5, 0.6) is 0 Å². The van der Waals surface area contributed by atoms with Gasteiger partial charge in [0.2, 0.25) is 0 Å². The van der Waals surface area contributed by atoms with Gasteiger partial charge < -0.3 is 0 Å². The molecule has 0 aromatic rings. The molecular weight excluding hydrogens is 116 g/mol. The van der Waals surface area contributed by atoms with Crippen molar-refractivity contribution >= 4 is 10.0 Å². The first-order valence-electron chi connectivity index (χ1n) is 1.73. The maximum absolute atomic E-state index is 4.37. The standard InChI is InChI=1S/C2H8O4Si/c1-3-5-7-6-4-2/h7H2,1-2H3. The summed E-state index contributed by atoms with van der Waals surface area (Å²) in [6, 6.07) is 0. The van der Waals surface area contributed by atoms with E-state index < -0.39 is 10.0 Å². The summed E-state index contributed by atoms with van der Waals surface area (Å²) in [5.74, 6) is 0. The Morgan fingerprint density at radius 1 is 1.00 bits per heavy atom. The maximum Gasteiger partial charge on any atom is 0.382 e. The van der Waals surface area contributed by atoms with Crippen LogP contribution in [0.15, 0.2) is 0 Å². The van der Waals surface area contributed by atoms with Gasteiger partial charge in [-0.2, -0.15) is 0 Å². The lowest BCUT2D eigenvalue weighted by Crippen LogP contribution is -2.01. The van der Waals surface area contributed by atoms with Crippen LogP contribution in [0.25, 0.3) is 0 Å². The Kier molecular flexibility index (Phi) is 6.11. The monoisotopic (exact) mass is 124 g/mol. The van der Waals surface area contributed by atoms with Gasteiger partial charge in [0.1, 0.15) is 0 Å². The van der Waals surface area contributed by atoms with Crippen LogP contribution < -0.4 is 0 Å². The summed E-state index contributed by atoms with van der Waals surface area (Å²) in [4.78, 5) is 8.40. The van der Waals surface area contributed by atoms with Gasteiger partial charge >= 0.3 is 10.0 Å². The van der Waals surface area contributed by atoms with Crippen molar-refractivity contribution in [2.75, 3.05) is 14.2 Å². The molecule has 0 bridgehead atoms. The molecule has 0 spiro atoms. The molecule has 7 heavy (non-hydrogen) atoms. The average molecular weight is 124 g/mol. The summed E-state index contributed by atoms with van der Waals surface area (Å²) in [5.41, 5.74) is 0. The van der Waals surface area contributed by atoms with Crippen LogP contribution in [-0.4, -0.2) is 24.2 Å². The van der Waals surface area contributed by atoms with E-state index in [0.717, 1.165) is 0 Å². The minimum Gasteiger partial charge on any atom is -0.257 e. The van der Waals surface area contributed by atoms with Gasteiger partial charge in [0.15, 0.2) is 0 Å². The van der Waals surface area contributed by atoms with E-state index in [1.54, 1.807) is 0 Å². The van der Waals surface area contributed by atoms with E-state index in [0.29, 0.717) is 0 Å². The summed E-state index contributed by atoms with van der Waals surface area (Å²) in [6.45, 7) is 0. The molecule has 0 saturated carbocycles. The molecule has 0 aromatic heterocycles. The van der Waals surface area contributed by atoms with E-state index >= 15 is 0 Å². The lowest BCUT2D eigenvalue weighted by molar-refractivity contribution is -0.248. The van der Waals surface area contributed by atoms with Crippen LogP contribution in [0, 0.1) is 0 Å². The Morgan fingerprint density at radius 2 is 1.43 bits per heavy atom. The summed E-state index contributed by atoms with van der Waals surface area (Å²) in [6.07, 6.45) is 0. The second-order valence-corrected chi connectivity index (χ2v) is 1.39. The fourth-order valence-corrected chi connectivity index (χ4v) is 0.348. The maximum atomic E-state index is 4.37. The van der Waals surface area contributed by atoms with E-state index in [-0.39, 0.29) is 0 Å². The zero-order valence-corrected chi connectivity index (χ0v) is 5.75. The minimum atomic E-state index is -1.03. The van der Waals surface area contributed by atoms with Gasteiger partial charge in [-0.3, -0.25) is 9.15 Å². The topological polar surface area (TPSA) is 36.9 Å². The van der Waals surface area contributed by atoms with Gasteiger partial charge in [0.05, 0.1) is 14.2 Å². The molecule has 0 fully saturated rings. The zero-order chi connectivity index (χ0) is 5.54. The van der Waals surface area contributed by atoms with Gasteiger partial charge in [0, 0.05) is 0 Å². The molecular formula is C2H8O4Si. The fourth-order valence-electron chi connectivity index (χ4n) is 0.116. The van der Waals surface area contributed by atoms with Crippen LogP contribution in [-0.2, 0) is 18.9 Å². The molecule has 0 unspecified atom stereocenters. The highest BCUT2D eigenvalue weighted by atomic mass is 28.3. The summed E-state index contributed by atoms with van der Waals surface area (Å²) < 4.78 is 8.73. The van der Waals surface area contributed by atoms with Gasteiger partial charge in [-0.25, -0.2) is 9.78 Å². The van der Waals surface area contributed by atoms with Gasteiger partial charge in [-0.1, -0.05) is 0 Å². The Hall–Kier alpha value is 0.0569. The average Bonchev–Trinajstić information content (AvgIpc) is 1.69. The van der Waals surface area contributed by atoms with Crippen LogP contribution in [0.2, 0.25) is 0 Å². The van der Waals surface area contributed by atoms with E-state index in [1.807, 2.05) is 0 Å². The molecule has 0 radical (unpaired) electrons. The number of hydrogen-bond acceptors (Lipinski definition) is 4. The van der Waals surface area contributed by atoms with Gasteiger partial charge in [-0.15, -0.1) is 0 Å². The van der Waals surface area contributed by atoms with Gasteiger partial charge in [0.25, 0.3) is 0 Å². The van der Waals surface area contributed by atoms with Crippen molar-refractivity contribution in [2.24, 2.45) is 0 Å². The lowest BCUT2D eigenvalue weighted by atomic mass is 11.8. The molecule has 0 heterocycles. The van der Waals surface area contributed by atoms with Gasteiger partial charge in [-0.05, 0) is 0 Å². The normalized spacial score (nSPS) is 9.43. The minimum absolute atomic E-state index is 1.03. The van der Waals surface area contributed by atoms with Crippen molar-refractivity contribution in [3.8, 4) is 0 Å². The van der Waals surface area contributed by atoms with Crippen LogP contribution >= 0.6 is 0 Å². The summed E-state index contributed by atoms with van der Waals surface area (Å²) in [7, 11) is 1.81. The molecule has 5 heteroatoms. The van der Waals surface area contributed by atoms with Crippen molar-refractivity contribution in [3.05, 3.63) is 0 Å². The van der Waals surface area contributed by atoms with E-state index in [4.69, 9.17) is 0 Å². The first-order valence-corrected chi connectivity index (χ1v) is 2.88. The molecule has 0 saturated heterocycles. The predicted octanol–water partition coefficient (Wildman–Crippen LogP) is -0.859. The molecule has 0 aliphatic carbocycles. The predicted molar refractivity (Wildman–Crippen MR) is 24.7 cm³/mol. The Morgan fingerprint density at radius 3 is 1.71 bits per heavy atom. The zero-order valence-electron chi connectivity index (χ0n) is 4.34. The fraction of sp³-hybridized carbons (Fsp3) is 1.00. The second-order valence-electron chi connectivity index (χ2n) is 0.687. The third kappa shape index (κ3) is 6.06. The third-order valence-corrected chi connectivity index (χ3v) is 0.996. The molecule has 44 valence electrons. The largest absolute Gasteiger partial charge is 0.382 e. The third-order valence-electron chi connectivity index (χ3n) is 0.332. The number of hydrogen-bond donors (Lipinski definition) is 0. The summed E-state index contributed by atoms with van der Waals surface area (Å²) in [5, 5.41) is 0. The van der Waals surface area contributed by atoms with Crippen molar-refractivity contribution in [1.29, 1.82) is 0 Å². The highest BCUT2D eigenvalue weighted by Crippen LogP contribution is 1.70. The van der Waals surface area contributed by atoms with E-state index in [1.165, 1.54) is 14.2 Å². The Balaban J connectivity index is 2.45. The second kappa shape index (κ2) is 6.06. The molecule has 0 aliphatic rings. The molecule has 0 aromatic carbocycles. The molecule has 4 nitrogen and oxygen atoms in total. The van der Waals surface area contributed by atoms with Crippen molar-refractivity contribution < 1.29 is 18.9 Å². The highest BCUT2D eigenvalue weighted by Gasteiger charge is 1.82. The smallest absolute Gasteiger partial charge is 0.257 e. The molecule has 0 rings (SSSR count). The molecule has 0 atom stereocenters. The molecule has 0 N–H and O–H groups in total. The van der Waals surface area contributed by atoms with Crippen molar-refractivity contribution in [1.82, 2.24) is 0 Å². The summed E-state index contributed by atoms with van der Waals surface area (Å²) >= 11 is 0. The first-order chi connectivity index (χ1) is 3.41. The Labute approximate surface area is 44.2 Å². The van der Waals surface area contributed by atoms with E-state index in [2.05, 4.69) is 18.9 Å². The van der Waals surface area contributed by atoms with Crippen LogP contribution in [0.1, 0.15) is 0 Å². The van der Waals surface area contributed by atoms with Crippen LogP contribution in [0.3, 0.4) is 0 Å². The van der Waals surface area contributed by atoms with Crippen molar-refractivity contribution in [2.45, 2.75) is 0 Å². The van der Waals surface area contributed by atoms with Crippen LogP contribution in [0.4, 0.5) is 0 Å². The molecule has 0 aliphatic heterocycles. The first kappa shape index (κ1) is 7.06. The SMILES string of the molecule is COO[SiH2]OOC. The molecule has 0 amide bonds. The van der Waals surface area contributed by atoms with Crippen molar-refractivity contribution in [3.63, 3.8) is 0 Å². The quantitative estimate of drug-likeness (QED) is 0.211. The highest BCUT2D eigenvalue weighted by molar-refractivity contribution is 6.16. The Bertz CT molecular complexity index is 28.9. The number of rotatable bonds is 4.